The van der Waals surface area contributed by atoms with E-state index in [1.54, 1.807) is 0 Å². The zero-order chi connectivity index (χ0) is 8.86. The number of carbonyl (C=O) groups excluding carboxylic acids is 1. The lowest BCUT2D eigenvalue weighted by molar-refractivity contribution is -0.152. The standard InChI is InChI=1S/C8H17NOSi/c1-7(2,3)9-5-8(4,11)6(9)10/h5H2,1-4,11H3. The quantitative estimate of drug-likeness (QED) is 0.376. The van der Waals surface area contributed by atoms with Crippen molar-refractivity contribution < 1.29 is 4.79 Å². The largest absolute Gasteiger partial charge is 0.337 e. The van der Waals surface area contributed by atoms with Crippen molar-refractivity contribution in [2.24, 2.45) is 0 Å². The second kappa shape index (κ2) is 2.09. The first-order chi connectivity index (χ1) is 4.75. The molecule has 0 N–H and O–H groups in total. The summed E-state index contributed by atoms with van der Waals surface area (Å²) in [6.07, 6.45) is 0. The van der Waals surface area contributed by atoms with Gasteiger partial charge in [-0.15, -0.1) is 0 Å². The van der Waals surface area contributed by atoms with E-state index in [4.69, 9.17) is 0 Å². The van der Waals surface area contributed by atoms with Gasteiger partial charge in [0.05, 0.1) is 0 Å². The number of rotatable bonds is 0. The van der Waals surface area contributed by atoms with Crippen LogP contribution in [0.15, 0.2) is 0 Å². The first kappa shape index (κ1) is 8.78. The van der Waals surface area contributed by atoms with Crippen LogP contribution in [0.5, 0.6) is 0 Å². The smallest absolute Gasteiger partial charge is 0.226 e. The molecular weight excluding hydrogens is 154 g/mol. The fraction of sp³-hybridized carbons (Fsp3) is 0.875. The van der Waals surface area contributed by atoms with E-state index in [-0.39, 0.29) is 10.6 Å². The summed E-state index contributed by atoms with van der Waals surface area (Å²) in [6, 6.07) is 0. The fourth-order valence-corrected chi connectivity index (χ4v) is 1.94. The number of likely N-dealkylation sites (tertiary alicyclic amines) is 1. The lowest BCUT2D eigenvalue weighted by atomic mass is 9.92. The van der Waals surface area contributed by atoms with Crippen LogP contribution in [0.2, 0.25) is 5.04 Å². The molecule has 0 bridgehead atoms. The SMILES string of the molecule is CC1([SiH3])CN(C(C)(C)C)C1=O. The van der Waals surface area contributed by atoms with Crippen molar-refractivity contribution in [3.8, 4) is 0 Å². The zero-order valence-corrected chi connectivity index (χ0v) is 10.1. The van der Waals surface area contributed by atoms with Gasteiger partial charge in [-0.05, 0) is 20.8 Å². The summed E-state index contributed by atoms with van der Waals surface area (Å²) < 4.78 is 0. The molecule has 1 rings (SSSR count). The van der Waals surface area contributed by atoms with Gasteiger partial charge in [0.15, 0.2) is 0 Å². The highest BCUT2D eigenvalue weighted by atomic mass is 28.1. The second-order valence-electron chi connectivity index (χ2n) is 4.95. The third-order valence-corrected chi connectivity index (χ3v) is 2.93. The molecule has 1 heterocycles. The summed E-state index contributed by atoms with van der Waals surface area (Å²) in [4.78, 5) is 13.4. The van der Waals surface area contributed by atoms with E-state index in [1.807, 2.05) is 4.90 Å². The van der Waals surface area contributed by atoms with Gasteiger partial charge in [-0.1, -0.05) is 6.92 Å². The van der Waals surface area contributed by atoms with Crippen LogP contribution >= 0.6 is 0 Å². The molecule has 3 heteroatoms. The Labute approximate surface area is 71.4 Å². The van der Waals surface area contributed by atoms with E-state index in [0.29, 0.717) is 5.91 Å². The Kier molecular flexibility index (Phi) is 1.67. The maximum absolute atomic E-state index is 11.5. The zero-order valence-electron chi connectivity index (χ0n) is 8.06. The van der Waals surface area contributed by atoms with Crippen molar-refractivity contribution in [2.45, 2.75) is 38.3 Å². The number of carbonyl (C=O) groups is 1. The predicted octanol–water partition coefficient (Wildman–Crippen LogP) is 0.171. The van der Waals surface area contributed by atoms with Crippen molar-refractivity contribution in [1.29, 1.82) is 0 Å². The summed E-state index contributed by atoms with van der Waals surface area (Å²) >= 11 is 0. The first-order valence-corrected chi connectivity index (χ1v) is 5.07. The number of amides is 1. The highest BCUT2D eigenvalue weighted by Crippen LogP contribution is 2.39. The van der Waals surface area contributed by atoms with Crippen molar-refractivity contribution in [2.75, 3.05) is 6.54 Å². The van der Waals surface area contributed by atoms with Crippen molar-refractivity contribution in [3.63, 3.8) is 0 Å². The topological polar surface area (TPSA) is 20.3 Å². The van der Waals surface area contributed by atoms with E-state index in [0.717, 1.165) is 16.8 Å². The van der Waals surface area contributed by atoms with Gasteiger partial charge in [0.1, 0.15) is 0 Å². The minimum absolute atomic E-state index is 0.0288. The summed E-state index contributed by atoms with van der Waals surface area (Å²) in [5, 5.41) is 0.0350. The van der Waals surface area contributed by atoms with Gasteiger partial charge < -0.3 is 4.90 Å². The average Bonchev–Trinajstić information content (AvgIpc) is 1.80. The summed E-state index contributed by atoms with van der Waals surface area (Å²) in [7, 11) is 0.980. The lowest BCUT2D eigenvalue weighted by Gasteiger charge is -2.51. The molecule has 0 radical (unpaired) electrons. The van der Waals surface area contributed by atoms with Crippen molar-refractivity contribution in [1.82, 2.24) is 4.90 Å². The molecule has 1 amide bonds. The van der Waals surface area contributed by atoms with Gasteiger partial charge in [-0.3, -0.25) is 4.79 Å². The average molecular weight is 171 g/mol. The van der Waals surface area contributed by atoms with Crippen LogP contribution in [0.1, 0.15) is 27.7 Å². The molecule has 0 aromatic rings. The Morgan fingerprint density at radius 1 is 1.55 bits per heavy atom. The molecule has 1 fully saturated rings. The van der Waals surface area contributed by atoms with E-state index in [9.17, 15) is 4.79 Å². The maximum Gasteiger partial charge on any atom is 0.226 e. The Morgan fingerprint density at radius 2 is 2.00 bits per heavy atom. The Balaban J connectivity index is 2.67. The van der Waals surface area contributed by atoms with Crippen LogP contribution in [0.25, 0.3) is 0 Å². The molecule has 1 unspecified atom stereocenters. The van der Waals surface area contributed by atoms with E-state index in [1.165, 1.54) is 0 Å². The van der Waals surface area contributed by atoms with Gasteiger partial charge >= 0.3 is 0 Å². The molecule has 11 heavy (non-hydrogen) atoms. The minimum atomic E-state index is 0.0288. The molecule has 1 aliphatic rings. The van der Waals surface area contributed by atoms with Crippen LogP contribution in [-0.2, 0) is 4.79 Å². The van der Waals surface area contributed by atoms with Crippen LogP contribution < -0.4 is 0 Å². The molecule has 0 saturated carbocycles. The van der Waals surface area contributed by atoms with Gasteiger partial charge in [-0.25, -0.2) is 0 Å². The number of nitrogens with zero attached hydrogens (tertiary/aromatic N) is 1. The summed E-state index contributed by atoms with van der Waals surface area (Å²) in [5.74, 6) is 0.344. The second-order valence-corrected chi connectivity index (χ2v) is 7.15. The predicted molar refractivity (Wildman–Crippen MR) is 49.8 cm³/mol. The lowest BCUT2D eigenvalue weighted by Crippen LogP contribution is -2.62. The molecule has 0 aliphatic carbocycles. The number of hydrogen-bond donors (Lipinski definition) is 0. The Hall–Kier alpha value is -0.313. The molecule has 0 aromatic heterocycles. The van der Waals surface area contributed by atoms with Crippen LogP contribution in [-0.4, -0.2) is 33.1 Å². The molecule has 1 saturated heterocycles. The Bertz CT molecular complexity index is 193. The summed E-state index contributed by atoms with van der Waals surface area (Å²) in [6.45, 7) is 9.27. The molecule has 1 atom stereocenters. The molecule has 0 spiro atoms. The van der Waals surface area contributed by atoms with Crippen molar-refractivity contribution in [3.05, 3.63) is 0 Å². The van der Waals surface area contributed by atoms with Gasteiger partial charge in [0.25, 0.3) is 0 Å². The molecular formula is C8H17NOSi. The van der Waals surface area contributed by atoms with Gasteiger partial charge in [0.2, 0.25) is 5.91 Å². The van der Waals surface area contributed by atoms with Gasteiger partial charge in [0, 0.05) is 27.4 Å². The van der Waals surface area contributed by atoms with Gasteiger partial charge in [-0.2, -0.15) is 0 Å². The van der Waals surface area contributed by atoms with E-state index >= 15 is 0 Å². The number of β-lactam (4-membered cyclic amide) rings is 1. The highest BCUT2D eigenvalue weighted by molar-refractivity contribution is 6.30. The van der Waals surface area contributed by atoms with E-state index < -0.39 is 0 Å². The Morgan fingerprint density at radius 3 is 2.09 bits per heavy atom. The van der Waals surface area contributed by atoms with Crippen LogP contribution in [0.3, 0.4) is 0 Å². The summed E-state index contributed by atoms with van der Waals surface area (Å²) in [5.41, 5.74) is 0.0288. The van der Waals surface area contributed by atoms with Crippen LogP contribution in [0, 0.1) is 0 Å². The van der Waals surface area contributed by atoms with Crippen molar-refractivity contribution >= 4 is 16.1 Å². The molecule has 2 nitrogen and oxygen atoms in total. The molecule has 64 valence electrons. The number of hydrogen-bond acceptors (Lipinski definition) is 1. The maximum atomic E-state index is 11.5. The molecule has 1 aliphatic heterocycles. The normalized spacial score (nSPS) is 32.4. The van der Waals surface area contributed by atoms with Crippen LogP contribution in [0.4, 0.5) is 0 Å². The first-order valence-electron chi connectivity index (χ1n) is 4.07. The molecule has 0 aromatic carbocycles. The monoisotopic (exact) mass is 171 g/mol. The fourth-order valence-electron chi connectivity index (χ4n) is 1.35. The van der Waals surface area contributed by atoms with E-state index in [2.05, 4.69) is 27.7 Å². The third kappa shape index (κ3) is 1.34. The third-order valence-electron chi connectivity index (χ3n) is 2.19. The highest BCUT2D eigenvalue weighted by Gasteiger charge is 2.48. The minimum Gasteiger partial charge on any atom is -0.337 e.